The molecule has 0 unspecified atom stereocenters. The van der Waals surface area contributed by atoms with Crippen LogP contribution in [0.3, 0.4) is 0 Å². The Morgan fingerprint density at radius 3 is 2.54 bits per heavy atom. The molecule has 1 atom stereocenters. The minimum absolute atomic E-state index is 0.0463. The van der Waals surface area contributed by atoms with Crippen LogP contribution in [0.1, 0.15) is 12.5 Å². The molecule has 72 valence electrons. The Bertz CT molecular complexity index is 248. The zero-order valence-corrected chi connectivity index (χ0v) is 7.66. The van der Waals surface area contributed by atoms with Gasteiger partial charge in [-0.05, 0) is 24.6 Å². The summed E-state index contributed by atoms with van der Waals surface area (Å²) in [4.78, 5) is 0. The van der Waals surface area contributed by atoms with Crippen LogP contribution in [0.25, 0.3) is 0 Å². The molecule has 0 bridgehead atoms. The van der Waals surface area contributed by atoms with E-state index >= 15 is 0 Å². The van der Waals surface area contributed by atoms with Crippen molar-refractivity contribution in [2.75, 3.05) is 6.54 Å². The van der Waals surface area contributed by atoms with Crippen LogP contribution in [-0.2, 0) is 11.3 Å². The summed E-state index contributed by atoms with van der Waals surface area (Å²) in [5.41, 5.74) is 6.34. The lowest BCUT2D eigenvalue weighted by atomic mass is 10.2. The molecule has 0 amide bonds. The molecule has 0 heterocycles. The SMILES string of the molecule is C[C@H](CN)OCc1ccc(F)cc1. The lowest BCUT2D eigenvalue weighted by Gasteiger charge is -2.09. The van der Waals surface area contributed by atoms with Gasteiger partial charge in [-0.1, -0.05) is 12.1 Å². The lowest BCUT2D eigenvalue weighted by Crippen LogP contribution is -2.19. The minimum atomic E-state index is -0.226. The highest BCUT2D eigenvalue weighted by molar-refractivity contribution is 5.14. The van der Waals surface area contributed by atoms with Crippen molar-refractivity contribution in [3.63, 3.8) is 0 Å². The van der Waals surface area contributed by atoms with Gasteiger partial charge in [-0.25, -0.2) is 4.39 Å². The molecule has 1 aromatic rings. The number of hydrogen-bond acceptors (Lipinski definition) is 2. The van der Waals surface area contributed by atoms with Gasteiger partial charge in [0.15, 0.2) is 0 Å². The molecule has 0 aliphatic rings. The van der Waals surface area contributed by atoms with Crippen LogP contribution in [0.4, 0.5) is 4.39 Å². The van der Waals surface area contributed by atoms with Gasteiger partial charge in [-0.3, -0.25) is 0 Å². The number of ether oxygens (including phenoxy) is 1. The van der Waals surface area contributed by atoms with E-state index in [0.717, 1.165) is 5.56 Å². The van der Waals surface area contributed by atoms with Gasteiger partial charge in [0.2, 0.25) is 0 Å². The van der Waals surface area contributed by atoms with Crippen molar-refractivity contribution in [2.45, 2.75) is 19.6 Å². The van der Waals surface area contributed by atoms with Crippen LogP contribution in [0.15, 0.2) is 24.3 Å². The highest BCUT2D eigenvalue weighted by Gasteiger charge is 1.99. The molecule has 13 heavy (non-hydrogen) atoms. The molecule has 0 aliphatic heterocycles. The molecule has 0 saturated carbocycles. The topological polar surface area (TPSA) is 35.2 Å². The van der Waals surface area contributed by atoms with Gasteiger partial charge in [-0.2, -0.15) is 0 Å². The third-order valence-corrected chi connectivity index (χ3v) is 1.78. The second-order valence-electron chi connectivity index (χ2n) is 2.98. The van der Waals surface area contributed by atoms with Crippen molar-refractivity contribution in [1.82, 2.24) is 0 Å². The number of rotatable bonds is 4. The molecule has 1 aromatic carbocycles. The molecule has 0 fully saturated rings. The first kappa shape index (κ1) is 10.2. The van der Waals surface area contributed by atoms with Gasteiger partial charge in [-0.15, -0.1) is 0 Å². The Labute approximate surface area is 77.5 Å². The van der Waals surface area contributed by atoms with Gasteiger partial charge in [0.25, 0.3) is 0 Å². The normalized spacial score (nSPS) is 12.8. The maximum Gasteiger partial charge on any atom is 0.123 e. The maximum absolute atomic E-state index is 12.5. The Balaban J connectivity index is 2.41. The van der Waals surface area contributed by atoms with Gasteiger partial charge in [0, 0.05) is 6.54 Å². The third kappa shape index (κ3) is 3.53. The van der Waals surface area contributed by atoms with E-state index in [1.807, 2.05) is 6.92 Å². The molecule has 1 rings (SSSR count). The smallest absolute Gasteiger partial charge is 0.123 e. The number of nitrogens with two attached hydrogens (primary N) is 1. The van der Waals surface area contributed by atoms with Crippen molar-refractivity contribution in [1.29, 1.82) is 0 Å². The van der Waals surface area contributed by atoms with Crippen LogP contribution in [0.5, 0.6) is 0 Å². The van der Waals surface area contributed by atoms with Crippen molar-refractivity contribution in [2.24, 2.45) is 5.73 Å². The fraction of sp³-hybridized carbons (Fsp3) is 0.400. The molecule has 0 saturated heterocycles. The minimum Gasteiger partial charge on any atom is -0.373 e. The zero-order chi connectivity index (χ0) is 9.68. The third-order valence-electron chi connectivity index (χ3n) is 1.78. The second kappa shape index (κ2) is 4.94. The number of hydrogen-bond donors (Lipinski definition) is 1. The van der Waals surface area contributed by atoms with E-state index in [2.05, 4.69) is 0 Å². The van der Waals surface area contributed by atoms with Crippen molar-refractivity contribution >= 4 is 0 Å². The molecule has 3 heteroatoms. The summed E-state index contributed by atoms with van der Waals surface area (Å²) in [5, 5.41) is 0. The highest BCUT2D eigenvalue weighted by atomic mass is 19.1. The Morgan fingerprint density at radius 1 is 1.38 bits per heavy atom. The van der Waals surface area contributed by atoms with E-state index in [-0.39, 0.29) is 11.9 Å². The molecule has 2 N–H and O–H groups in total. The van der Waals surface area contributed by atoms with Crippen molar-refractivity contribution < 1.29 is 9.13 Å². The summed E-state index contributed by atoms with van der Waals surface area (Å²) in [6.07, 6.45) is 0.0463. The standard InChI is InChI=1S/C10H14FNO/c1-8(6-12)13-7-9-2-4-10(11)5-3-9/h2-5,8H,6-7,12H2,1H3/t8-/m1/s1. The molecule has 0 radical (unpaired) electrons. The summed E-state index contributed by atoms with van der Waals surface area (Å²) < 4.78 is 17.9. The van der Waals surface area contributed by atoms with Gasteiger partial charge < -0.3 is 10.5 Å². The van der Waals surface area contributed by atoms with Crippen LogP contribution in [-0.4, -0.2) is 12.6 Å². The quantitative estimate of drug-likeness (QED) is 0.771. The summed E-state index contributed by atoms with van der Waals surface area (Å²) in [6, 6.07) is 6.26. The van der Waals surface area contributed by atoms with E-state index in [0.29, 0.717) is 13.2 Å². The predicted octanol–water partition coefficient (Wildman–Crippen LogP) is 1.69. The van der Waals surface area contributed by atoms with Gasteiger partial charge in [0.1, 0.15) is 5.82 Å². The van der Waals surface area contributed by atoms with E-state index in [1.165, 1.54) is 12.1 Å². The van der Waals surface area contributed by atoms with Gasteiger partial charge >= 0.3 is 0 Å². The second-order valence-corrected chi connectivity index (χ2v) is 2.98. The molecule has 2 nitrogen and oxygen atoms in total. The summed E-state index contributed by atoms with van der Waals surface area (Å²) in [5.74, 6) is -0.226. The molecule has 0 spiro atoms. The lowest BCUT2D eigenvalue weighted by molar-refractivity contribution is 0.0589. The Hall–Kier alpha value is -0.930. The molecular weight excluding hydrogens is 169 g/mol. The summed E-state index contributed by atoms with van der Waals surface area (Å²) >= 11 is 0. The monoisotopic (exact) mass is 183 g/mol. The first-order chi connectivity index (χ1) is 6.22. The zero-order valence-electron chi connectivity index (χ0n) is 7.66. The Kier molecular flexibility index (Phi) is 3.86. The van der Waals surface area contributed by atoms with E-state index in [4.69, 9.17) is 10.5 Å². The first-order valence-corrected chi connectivity index (χ1v) is 4.28. The van der Waals surface area contributed by atoms with Gasteiger partial charge in [0.05, 0.1) is 12.7 Å². The Morgan fingerprint density at radius 2 is 2.00 bits per heavy atom. The largest absolute Gasteiger partial charge is 0.373 e. The van der Waals surface area contributed by atoms with Crippen molar-refractivity contribution in [3.8, 4) is 0 Å². The van der Waals surface area contributed by atoms with Crippen LogP contribution in [0, 0.1) is 5.82 Å². The molecule has 0 aromatic heterocycles. The number of benzene rings is 1. The maximum atomic E-state index is 12.5. The molecular formula is C10H14FNO. The average Bonchev–Trinajstić information content (AvgIpc) is 2.16. The van der Waals surface area contributed by atoms with Crippen LogP contribution in [0.2, 0.25) is 0 Å². The van der Waals surface area contributed by atoms with E-state index in [9.17, 15) is 4.39 Å². The fourth-order valence-electron chi connectivity index (χ4n) is 0.887. The average molecular weight is 183 g/mol. The fourth-order valence-corrected chi connectivity index (χ4v) is 0.887. The van der Waals surface area contributed by atoms with Crippen molar-refractivity contribution in [3.05, 3.63) is 35.6 Å². The number of halogens is 1. The van der Waals surface area contributed by atoms with E-state index in [1.54, 1.807) is 12.1 Å². The predicted molar refractivity (Wildman–Crippen MR) is 49.7 cm³/mol. The highest BCUT2D eigenvalue weighted by Crippen LogP contribution is 2.05. The van der Waals surface area contributed by atoms with E-state index < -0.39 is 0 Å². The summed E-state index contributed by atoms with van der Waals surface area (Å²) in [7, 11) is 0. The molecule has 0 aliphatic carbocycles. The first-order valence-electron chi connectivity index (χ1n) is 4.28. The van der Waals surface area contributed by atoms with Crippen LogP contribution < -0.4 is 5.73 Å². The summed E-state index contributed by atoms with van der Waals surface area (Å²) in [6.45, 7) is 2.89. The van der Waals surface area contributed by atoms with Crippen LogP contribution >= 0.6 is 0 Å².